The minimum absolute atomic E-state index is 0.0643. The van der Waals surface area contributed by atoms with Gasteiger partial charge in [0.25, 0.3) is 5.69 Å². The molecule has 0 saturated heterocycles. The van der Waals surface area contributed by atoms with E-state index in [2.05, 4.69) is 10.5 Å². The normalized spacial score (nSPS) is 10.7. The zero-order chi connectivity index (χ0) is 15.8. The van der Waals surface area contributed by atoms with Gasteiger partial charge in [-0.2, -0.15) is 5.10 Å². The van der Waals surface area contributed by atoms with Crippen molar-refractivity contribution < 1.29 is 9.72 Å². The second-order valence-electron chi connectivity index (χ2n) is 4.22. The third-order valence-corrected chi connectivity index (χ3v) is 4.38. The van der Waals surface area contributed by atoms with Crippen LogP contribution in [0.15, 0.2) is 46.9 Å². The van der Waals surface area contributed by atoms with Gasteiger partial charge in [0.05, 0.1) is 16.9 Å². The first kappa shape index (κ1) is 16.2. The molecule has 0 unspecified atom stereocenters. The van der Waals surface area contributed by atoms with Gasteiger partial charge in [0.1, 0.15) is 0 Å². The molecule has 2 aromatic rings. The number of non-ortho nitro benzene ring substituents is 1. The van der Waals surface area contributed by atoms with E-state index in [4.69, 9.17) is 0 Å². The maximum atomic E-state index is 11.6. The monoisotopic (exact) mass is 335 g/mol. The van der Waals surface area contributed by atoms with E-state index < -0.39 is 4.92 Å². The van der Waals surface area contributed by atoms with Crippen molar-refractivity contribution in [3.63, 3.8) is 0 Å². The maximum absolute atomic E-state index is 11.6. The molecule has 22 heavy (non-hydrogen) atoms. The van der Waals surface area contributed by atoms with Gasteiger partial charge < -0.3 is 0 Å². The van der Waals surface area contributed by atoms with E-state index in [1.54, 1.807) is 18.3 Å². The van der Waals surface area contributed by atoms with Crippen molar-refractivity contribution in [3.05, 3.63) is 62.3 Å². The summed E-state index contributed by atoms with van der Waals surface area (Å²) in [6.07, 6.45) is 1.60. The molecule has 0 fully saturated rings. The molecule has 2 rings (SSSR count). The number of nitrogens with one attached hydrogen (secondary N) is 1. The lowest BCUT2D eigenvalue weighted by Gasteiger charge is -2.01. The number of benzene rings is 1. The summed E-state index contributed by atoms with van der Waals surface area (Å²) in [5.74, 6) is 0.707. The molecule has 0 spiro atoms. The molecule has 1 amide bonds. The number of hydrazone groups is 1. The summed E-state index contributed by atoms with van der Waals surface area (Å²) in [7, 11) is 0. The Balaban J connectivity index is 1.69. The van der Waals surface area contributed by atoms with Crippen molar-refractivity contribution in [3.8, 4) is 0 Å². The van der Waals surface area contributed by atoms with Gasteiger partial charge in [0.15, 0.2) is 0 Å². The fourth-order valence-electron chi connectivity index (χ4n) is 1.54. The number of carbonyl (C=O) groups excluding carboxylic acids is 1. The van der Waals surface area contributed by atoms with E-state index in [0.717, 1.165) is 10.4 Å². The van der Waals surface area contributed by atoms with Crippen molar-refractivity contribution >= 4 is 40.9 Å². The van der Waals surface area contributed by atoms with Crippen LogP contribution < -0.4 is 5.43 Å². The van der Waals surface area contributed by atoms with Gasteiger partial charge in [-0.3, -0.25) is 14.9 Å². The molecule has 0 radical (unpaired) electrons. The first-order valence-corrected chi connectivity index (χ1v) is 8.35. The number of carbonyl (C=O) groups is 1. The lowest BCUT2D eigenvalue weighted by molar-refractivity contribution is -0.384. The van der Waals surface area contributed by atoms with Gasteiger partial charge in [-0.25, -0.2) is 5.43 Å². The van der Waals surface area contributed by atoms with E-state index >= 15 is 0 Å². The van der Waals surface area contributed by atoms with Gasteiger partial charge in [0.2, 0.25) is 5.91 Å². The maximum Gasteiger partial charge on any atom is 0.269 e. The molecule has 114 valence electrons. The van der Waals surface area contributed by atoms with Crippen LogP contribution in [0.4, 0.5) is 5.69 Å². The van der Waals surface area contributed by atoms with Crippen LogP contribution in [0.5, 0.6) is 0 Å². The van der Waals surface area contributed by atoms with Crippen molar-refractivity contribution in [2.24, 2.45) is 5.10 Å². The highest BCUT2D eigenvalue weighted by Gasteiger charge is 2.05. The number of hydrogen-bond donors (Lipinski definition) is 1. The highest BCUT2D eigenvalue weighted by atomic mass is 32.2. The summed E-state index contributed by atoms with van der Waals surface area (Å²) in [6, 6.07) is 10.1. The molecular weight excluding hydrogens is 322 g/mol. The Bertz CT molecular complexity index is 654. The Morgan fingerprint density at radius 3 is 2.77 bits per heavy atom. The topological polar surface area (TPSA) is 84.6 Å². The predicted molar refractivity (Wildman–Crippen MR) is 89.3 cm³/mol. The van der Waals surface area contributed by atoms with Crippen LogP contribution >= 0.6 is 23.1 Å². The molecule has 1 N–H and O–H groups in total. The van der Waals surface area contributed by atoms with Crippen LogP contribution in [0.1, 0.15) is 10.4 Å². The second kappa shape index (κ2) is 8.30. The molecule has 0 aliphatic heterocycles. The van der Waals surface area contributed by atoms with Crippen LogP contribution in [0.3, 0.4) is 0 Å². The first-order valence-electron chi connectivity index (χ1n) is 6.31. The molecule has 0 bridgehead atoms. The Kier molecular flexibility index (Phi) is 6.11. The second-order valence-corrected chi connectivity index (χ2v) is 6.19. The summed E-state index contributed by atoms with van der Waals surface area (Å²) < 4.78 is 0. The molecule has 0 aliphatic rings. The molecule has 6 nitrogen and oxygen atoms in total. The zero-order valence-corrected chi connectivity index (χ0v) is 13.1. The Morgan fingerprint density at radius 2 is 2.14 bits per heavy atom. The van der Waals surface area contributed by atoms with Crippen LogP contribution in [0.2, 0.25) is 0 Å². The molecular formula is C14H13N3O3S2. The van der Waals surface area contributed by atoms with Crippen molar-refractivity contribution in [1.29, 1.82) is 0 Å². The summed E-state index contributed by atoms with van der Waals surface area (Å²) in [4.78, 5) is 22.6. The van der Waals surface area contributed by atoms with Gasteiger partial charge in [-0.05, 0) is 17.0 Å². The minimum Gasteiger partial charge on any atom is -0.272 e. The lowest BCUT2D eigenvalue weighted by Crippen LogP contribution is -2.19. The molecule has 1 aromatic carbocycles. The highest BCUT2D eigenvalue weighted by Crippen LogP contribution is 2.16. The average Bonchev–Trinajstić information content (AvgIpc) is 3.01. The fourth-order valence-corrected chi connectivity index (χ4v) is 2.91. The third kappa shape index (κ3) is 5.30. The highest BCUT2D eigenvalue weighted by molar-refractivity contribution is 7.99. The van der Waals surface area contributed by atoms with Gasteiger partial charge in [-0.1, -0.05) is 18.2 Å². The first-order chi connectivity index (χ1) is 10.6. The number of hydrogen-bond acceptors (Lipinski definition) is 6. The van der Waals surface area contributed by atoms with Crippen LogP contribution in [-0.2, 0) is 10.5 Å². The summed E-state index contributed by atoms with van der Waals surface area (Å²) in [5.41, 5.74) is 3.46. The Morgan fingerprint density at radius 1 is 1.36 bits per heavy atom. The van der Waals surface area contributed by atoms with E-state index in [9.17, 15) is 14.9 Å². The number of nitro benzene ring substituents is 1. The predicted octanol–water partition coefficient (Wildman–Crippen LogP) is 3.04. The number of thioether (sulfide) groups is 1. The fraction of sp³-hybridized carbons (Fsp3) is 0.143. The molecule has 1 aromatic heterocycles. The summed E-state index contributed by atoms with van der Waals surface area (Å²) in [6.45, 7) is 0. The molecule has 8 heteroatoms. The minimum atomic E-state index is -0.435. The number of thiophene rings is 1. The number of nitrogens with zero attached hydrogens (tertiary/aromatic N) is 2. The van der Waals surface area contributed by atoms with Crippen molar-refractivity contribution in [1.82, 2.24) is 5.43 Å². The smallest absolute Gasteiger partial charge is 0.269 e. The number of rotatable bonds is 7. The summed E-state index contributed by atoms with van der Waals surface area (Å²) in [5, 5.41) is 16.3. The van der Waals surface area contributed by atoms with Crippen LogP contribution in [0, 0.1) is 10.1 Å². The lowest BCUT2D eigenvalue weighted by atomic mass is 10.2. The molecule has 0 saturated carbocycles. The van der Waals surface area contributed by atoms with E-state index in [-0.39, 0.29) is 17.3 Å². The van der Waals surface area contributed by atoms with Crippen LogP contribution in [0.25, 0.3) is 0 Å². The quantitative estimate of drug-likeness (QED) is 0.479. The summed E-state index contributed by atoms with van der Waals surface area (Å²) >= 11 is 2.96. The Labute approximate surface area is 135 Å². The molecule has 0 aliphatic carbocycles. The average molecular weight is 335 g/mol. The Hall–Kier alpha value is -2.19. The number of amides is 1. The third-order valence-electron chi connectivity index (χ3n) is 2.57. The van der Waals surface area contributed by atoms with Gasteiger partial charge in [0, 0.05) is 22.8 Å². The SMILES string of the molecule is O=C(CSCc1ccc([N+](=O)[O-])cc1)N/N=C\c1cccs1. The van der Waals surface area contributed by atoms with Gasteiger partial charge >= 0.3 is 0 Å². The largest absolute Gasteiger partial charge is 0.272 e. The van der Waals surface area contributed by atoms with E-state index in [1.165, 1.54) is 35.2 Å². The van der Waals surface area contributed by atoms with Crippen molar-refractivity contribution in [2.75, 3.05) is 5.75 Å². The molecule has 1 heterocycles. The van der Waals surface area contributed by atoms with E-state index in [0.29, 0.717) is 5.75 Å². The van der Waals surface area contributed by atoms with E-state index in [1.807, 2.05) is 17.5 Å². The molecule has 0 atom stereocenters. The zero-order valence-electron chi connectivity index (χ0n) is 11.5. The number of nitro groups is 1. The van der Waals surface area contributed by atoms with Crippen molar-refractivity contribution in [2.45, 2.75) is 5.75 Å². The van der Waals surface area contributed by atoms with Crippen LogP contribution in [-0.4, -0.2) is 22.8 Å². The van der Waals surface area contributed by atoms with Gasteiger partial charge in [-0.15, -0.1) is 23.1 Å². The standard InChI is InChI=1S/C14H13N3O3S2/c18-14(16-15-8-13-2-1-7-22-13)10-21-9-11-3-5-12(6-4-11)17(19)20/h1-8H,9-10H2,(H,16,18)/b15-8-.